The minimum Gasteiger partial charge on any atom is -0.465 e. The van der Waals surface area contributed by atoms with Crippen molar-refractivity contribution in [2.75, 3.05) is 39.6 Å². The molecule has 0 fully saturated rings. The maximum absolute atomic E-state index is 13.0. The summed E-state index contributed by atoms with van der Waals surface area (Å²) in [5, 5.41) is 14.8. The molecule has 0 aliphatic rings. The molecule has 0 radical (unpaired) electrons. The summed E-state index contributed by atoms with van der Waals surface area (Å²) in [6, 6.07) is 10.5. The van der Waals surface area contributed by atoms with Gasteiger partial charge < -0.3 is 15.0 Å². The van der Waals surface area contributed by atoms with Crippen LogP contribution in [0.1, 0.15) is 40.1 Å². The molecule has 0 aromatic heterocycles. The summed E-state index contributed by atoms with van der Waals surface area (Å²) in [5.74, 6) is -1.13. The topological polar surface area (TPSA) is 102 Å². The Balaban J connectivity index is 2.35. The highest BCUT2D eigenvalue weighted by Crippen LogP contribution is 2.29. The summed E-state index contributed by atoms with van der Waals surface area (Å²) in [6.45, 7) is 5.44. The van der Waals surface area contributed by atoms with Crippen LogP contribution in [-0.2, 0) is 4.74 Å². The van der Waals surface area contributed by atoms with Crippen LogP contribution in [0.2, 0.25) is 0 Å². The standard InChI is InChI=1S/C22H27N3O5/c1-22(2,14-24(3)4)13-23-18-11-10-15(12-19(18)25(28)29)20(26)16-8-6-7-9-17(16)21(27)30-5/h6-12,23H,13-14H2,1-5H3. The third-order valence-corrected chi connectivity index (χ3v) is 4.54. The maximum atomic E-state index is 13.0. The lowest BCUT2D eigenvalue weighted by molar-refractivity contribution is -0.384. The fourth-order valence-electron chi connectivity index (χ4n) is 3.34. The van der Waals surface area contributed by atoms with E-state index in [4.69, 9.17) is 4.74 Å². The number of nitro groups is 1. The van der Waals surface area contributed by atoms with Crippen molar-refractivity contribution in [2.45, 2.75) is 13.8 Å². The van der Waals surface area contributed by atoms with Gasteiger partial charge in [-0.1, -0.05) is 32.0 Å². The monoisotopic (exact) mass is 413 g/mol. The first-order valence-corrected chi connectivity index (χ1v) is 9.45. The second-order valence-corrected chi connectivity index (χ2v) is 8.11. The predicted octanol–water partition coefficient (Wildman–Crippen LogP) is 3.61. The van der Waals surface area contributed by atoms with Crippen molar-refractivity contribution in [3.63, 3.8) is 0 Å². The van der Waals surface area contributed by atoms with Crippen molar-refractivity contribution in [1.29, 1.82) is 0 Å². The van der Waals surface area contributed by atoms with Gasteiger partial charge in [-0.15, -0.1) is 0 Å². The lowest BCUT2D eigenvalue weighted by Crippen LogP contribution is -2.34. The van der Waals surface area contributed by atoms with E-state index in [1.807, 2.05) is 14.1 Å². The minimum absolute atomic E-state index is 0.111. The first kappa shape index (κ1) is 23.0. The molecule has 0 heterocycles. The van der Waals surface area contributed by atoms with E-state index in [0.29, 0.717) is 12.2 Å². The Bertz CT molecular complexity index is 954. The third kappa shape index (κ3) is 5.64. The minimum atomic E-state index is -0.644. The normalized spacial score (nSPS) is 11.3. The number of carbonyl (C=O) groups excluding carboxylic acids is 2. The Morgan fingerprint density at radius 2 is 1.77 bits per heavy atom. The van der Waals surface area contributed by atoms with Gasteiger partial charge in [0.15, 0.2) is 5.78 Å². The number of nitrogens with one attached hydrogen (secondary N) is 1. The van der Waals surface area contributed by atoms with Crippen molar-refractivity contribution in [2.24, 2.45) is 5.41 Å². The molecule has 0 bridgehead atoms. The molecule has 1 N–H and O–H groups in total. The van der Waals surface area contributed by atoms with Crippen LogP contribution in [0.4, 0.5) is 11.4 Å². The van der Waals surface area contributed by atoms with Crippen molar-refractivity contribution in [3.8, 4) is 0 Å². The molecule has 0 aliphatic carbocycles. The van der Waals surface area contributed by atoms with Gasteiger partial charge in [-0.25, -0.2) is 4.79 Å². The number of benzene rings is 2. The molecule has 8 nitrogen and oxygen atoms in total. The largest absolute Gasteiger partial charge is 0.465 e. The average molecular weight is 413 g/mol. The number of anilines is 1. The van der Waals surface area contributed by atoms with Gasteiger partial charge in [0.25, 0.3) is 5.69 Å². The van der Waals surface area contributed by atoms with Crippen LogP contribution in [0.3, 0.4) is 0 Å². The Labute approximate surface area is 176 Å². The fraction of sp³-hybridized carbons (Fsp3) is 0.364. The molecular weight excluding hydrogens is 386 g/mol. The van der Waals surface area contributed by atoms with Crippen LogP contribution < -0.4 is 5.32 Å². The van der Waals surface area contributed by atoms with Gasteiger partial charge >= 0.3 is 5.97 Å². The van der Waals surface area contributed by atoms with Crippen molar-refractivity contribution in [3.05, 3.63) is 69.3 Å². The number of ketones is 1. The summed E-state index contributed by atoms with van der Waals surface area (Å²) in [5.41, 5.74) is 0.385. The van der Waals surface area contributed by atoms with Crippen LogP contribution in [0.5, 0.6) is 0 Å². The van der Waals surface area contributed by atoms with Crippen molar-refractivity contribution < 1.29 is 19.2 Å². The van der Waals surface area contributed by atoms with Gasteiger partial charge in [0.2, 0.25) is 0 Å². The number of esters is 1. The SMILES string of the molecule is COC(=O)c1ccccc1C(=O)c1ccc(NCC(C)(C)CN(C)C)c([N+](=O)[O-])c1. The first-order chi connectivity index (χ1) is 14.1. The molecule has 2 rings (SSSR count). The van der Waals surface area contributed by atoms with E-state index >= 15 is 0 Å². The maximum Gasteiger partial charge on any atom is 0.338 e. The number of carbonyl (C=O) groups is 2. The summed E-state index contributed by atoms with van der Waals surface area (Å²) in [7, 11) is 5.17. The summed E-state index contributed by atoms with van der Waals surface area (Å²) in [6.07, 6.45) is 0. The first-order valence-electron chi connectivity index (χ1n) is 9.45. The molecule has 2 aromatic rings. The molecule has 0 saturated carbocycles. The zero-order valence-electron chi connectivity index (χ0n) is 17.9. The zero-order valence-corrected chi connectivity index (χ0v) is 17.9. The quantitative estimate of drug-likeness (QED) is 0.290. The van der Waals surface area contributed by atoms with Gasteiger partial charge in [-0.3, -0.25) is 14.9 Å². The molecule has 8 heteroatoms. The Hall–Kier alpha value is -3.26. The van der Waals surface area contributed by atoms with Gasteiger partial charge in [-0.05, 0) is 37.7 Å². The lowest BCUT2D eigenvalue weighted by atomic mass is 9.92. The van der Waals surface area contributed by atoms with E-state index in [2.05, 4.69) is 24.1 Å². The van der Waals surface area contributed by atoms with Crippen LogP contribution >= 0.6 is 0 Å². The van der Waals surface area contributed by atoms with Gasteiger partial charge in [-0.2, -0.15) is 0 Å². The molecule has 160 valence electrons. The molecule has 0 atom stereocenters. The van der Waals surface area contributed by atoms with Gasteiger partial charge in [0.05, 0.1) is 17.6 Å². The second-order valence-electron chi connectivity index (χ2n) is 8.11. The fourth-order valence-corrected chi connectivity index (χ4v) is 3.34. The molecule has 0 unspecified atom stereocenters. The van der Waals surface area contributed by atoms with Crippen molar-refractivity contribution in [1.82, 2.24) is 4.90 Å². The second kappa shape index (κ2) is 9.49. The highest BCUT2D eigenvalue weighted by Gasteiger charge is 2.24. The molecule has 0 aliphatic heterocycles. The predicted molar refractivity (Wildman–Crippen MR) is 115 cm³/mol. The molecule has 0 amide bonds. The van der Waals surface area contributed by atoms with Crippen LogP contribution in [0.15, 0.2) is 42.5 Å². The van der Waals surface area contributed by atoms with Gasteiger partial charge in [0, 0.05) is 30.3 Å². The number of nitro benzene ring substituents is 1. The summed E-state index contributed by atoms with van der Waals surface area (Å²) < 4.78 is 4.72. The van der Waals surface area contributed by atoms with E-state index in [1.165, 1.54) is 37.4 Å². The number of rotatable bonds is 9. The Morgan fingerprint density at radius 1 is 1.13 bits per heavy atom. The Kier molecular flexibility index (Phi) is 7.28. The number of hydrogen-bond acceptors (Lipinski definition) is 7. The smallest absolute Gasteiger partial charge is 0.338 e. The van der Waals surface area contributed by atoms with E-state index in [9.17, 15) is 19.7 Å². The number of hydrogen-bond donors (Lipinski definition) is 1. The summed E-state index contributed by atoms with van der Waals surface area (Å²) >= 11 is 0. The number of methoxy groups -OCH3 is 1. The molecule has 2 aromatic carbocycles. The van der Waals surface area contributed by atoms with E-state index in [0.717, 1.165) is 6.54 Å². The molecule has 0 spiro atoms. The van der Waals surface area contributed by atoms with E-state index < -0.39 is 16.7 Å². The number of ether oxygens (including phenoxy) is 1. The third-order valence-electron chi connectivity index (χ3n) is 4.54. The number of nitrogens with zero attached hydrogens (tertiary/aromatic N) is 2. The highest BCUT2D eigenvalue weighted by atomic mass is 16.6. The summed E-state index contributed by atoms with van der Waals surface area (Å²) in [4.78, 5) is 38.1. The van der Waals surface area contributed by atoms with Crippen molar-refractivity contribution >= 4 is 23.1 Å². The lowest BCUT2D eigenvalue weighted by Gasteiger charge is -2.28. The van der Waals surface area contributed by atoms with Gasteiger partial charge in [0.1, 0.15) is 5.69 Å². The van der Waals surface area contributed by atoms with Crippen LogP contribution in [-0.4, -0.2) is 55.9 Å². The zero-order chi connectivity index (χ0) is 22.5. The molecule has 0 saturated heterocycles. The van der Waals surface area contributed by atoms with E-state index in [-0.39, 0.29) is 27.8 Å². The highest BCUT2D eigenvalue weighted by molar-refractivity contribution is 6.14. The molecule has 30 heavy (non-hydrogen) atoms. The van der Waals surface area contributed by atoms with Crippen LogP contribution in [0, 0.1) is 15.5 Å². The van der Waals surface area contributed by atoms with Crippen LogP contribution in [0.25, 0.3) is 0 Å². The average Bonchev–Trinajstić information content (AvgIpc) is 2.70. The Morgan fingerprint density at radius 3 is 2.33 bits per heavy atom. The van der Waals surface area contributed by atoms with E-state index in [1.54, 1.807) is 12.1 Å². The molecular formula is C22H27N3O5.